The molecular formula is C15H19Cl2N3O4S. The standard InChI is InChI=1S/C15H19Cl2N3O4S/c1-25(23,24)20(11-5-3-2-4-6-11)15(22)19-14(21)18-10-7-8-12(16)13(17)9-10/h7-9,11H,2-6H2,1H3,(H2,18,19,21,22). The first kappa shape index (κ1) is 19.8. The number of anilines is 1. The SMILES string of the molecule is CS(=O)(=O)N(C(=O)NC(=O)Nc1ccc(Cl)c(Cl)c1)C1CCCCC1. The van der Waals surface area contributed by atoms with Crippen molar-refractivity contribution in [3.63, 3.8) is 0 Å². The van der Waals surface area contributed by atoms with Gasteiger partial charge >= 0.3 is 12.1 Å². The van der Waals surface area contributed by atoms with Crippen LogP contribution < -0.4 is 10.6 Å². The lowest BCUT2D eigenvalue weighted by atomic mass is 9.96. The molecule has 1 aliphatic carbocycles. The van der Waals surface area contributed by atoms with Crippen molar-refractivity contribution in [2.45, 2.75) is 38.1 Å². The maximum Gasteiger partial charge on any atom is 0.339 e. The molecule has 0 bridgehead atoms. The molecule has 2 N–H and O–H groups in total. The van der Waals surface area contributed by atoms with Crippen molar-refractivity contribution in [3.8, 4) is 0 Å². The van der Waals surface area contributed by atoms with E-state index in [1.165, 1.54) is 18.2 Å². The first-order valence-electron chi connectivity index (χ1n) is 7.75. The normalized spacial score (nSPS) is 15.5. The third kappa shape index (κ3) is 5.49. The van der Waals surface area contributed by atoms with Crippen LogP contribution in [0.25, 0.3) is 0 Å². The van der Waals surface area contributed by atoms with E-state index in [1.807, 2.05) is 5.32 Å². The van der Waals surface area contributed by atoms with E-state index in [9.17, 15) is 18.0 Å². The van der Waals surface area contributed by atoms with Gasteiger partial charge < -0.3 is 5.32 Å². The minimum atomic E-state index is -3.79. The summed E-state index contributed by atoms with van der Waals surface area (Å²) in [5.74, 6) is 0. The Balaban J connectivity index is 2.06. The van der Waals surface area contributed by atoms with E-state index in [2.05, 4.69) is 5.32 Å². The van der Waals surface area contributed by atoms with Crippen LogP contribution in [0.4, 0.5) is 15.3 Å². The summed E-state index contributed by atoms with van der Waals surface area (Å²) in [7, 11) is -3.79. The number of rotatable bonds is 3. The summed E-state index contributed by atoms with van der Waals surface area (Å²) in [5, 5.41) is 5.03. The first-order chi connectivity index (χ1) is 11.7. The molecular weight excluding hydrogens is 389 g/mol. The van der Waals surface area contributed by atoms with Crippen LogP contribution in [0.1, 0.15) is 32.1 Å². The molecule has 0 unspecified atom stereocenters. The highest BCUT2D eigenvalue weighted by atomic mass is 35.5. The molecule has 138 valence electrons. The number of urea groups is 2. The summed E-state index contributed by atoms with van der Waals surface area (Å²) in [6.07, 6.45) is 4.84. The zero-order valence-electron chi connectivity index (χ0n) is 13.6. The first-order valence-corrected chi connectivity index (χ1v) is 10.4. The van der Waals surface area contributed by atoms with Gasteiger partial charge in [-0.2, -0.15) is 0 Å². The molecule has 25 heavy (non-hydrogen) atoms. The predicted molar refractivity (Wildman–Crippen MR) is 97.6 cm³/mol. The minimum Gasteiger partial charge on any atom is -0.308 e. The Labute approximate surface area is 156 Å². The molecule has 1 saturated carbocycles. The van der Waals surface area contributed by atoms with Gasteiger partial charge in [-0.05, 0) is 31.0 Å². The number of halogens is 2. The van der Waals surface area contributed by atoms with Crippen molar-refractivity contribution in [1.82, 2.24) is 9.62 Å². The zero-order valence-corrected chi connectivity index (χ0v) is 15.9. The second kappa shape index (κ2) is 8.25. The minimum absolute atomic E-state index is 0.241. The van der Waals surface area contributed by atoms with E-state index < -0.39 is 28.1 Å². The Morgan fingerprint density at radius 1 is 1.12 bits per heavy atom. The number of benzene rings is 1. The number of amides is 4. The summed E-state index contributed by atoms with van der Waals surface area (Å²) in [6.45, 7) is 0. The van der Waals surface area contributed by atoms with Gasteiger partial charge in [-0.3, -0.25) is 5.32 Å². The Kier molecular flexibility index (Phi) is 6.53. The largest absolute Gasteiger partial charge is 0.339 e. The Morgan fingerprint density at radius 3 is 2.32 bits per heavy atom. The molecule has 7 nitrogen and oxygen atoms in total. The van der Waals surface area contributed by atoms with E-state index in [4.69, 9.17) is 23.2 Å². The average molecular weight is 408 g/mol. The van der Waals surface area contributed by atoms with Gasteiger partial charge in [0.25, 0.3) is 0 Å². The lowest BCUT2D eigenvalue weighted by Crippen LogP contribution is -2.51. The van der Waals surface area contributed by atoms with Crippen LogP contribution in [0.5, 0.6) is 0 Å². The molecule has 0 aromatic heterocycles. The number of nitrogens with zero attached hydrogens (tertiary/aromatic N) is 1. The van der Waals surface area contributed by atoms with E-state index in [0.29, 0.717) is 23.6 Å². The lowest BCUT2D eigenvalue weighted by molar-refractivity contribution is 0.199. The van der Waals surface area contributed by atoms with Crippen LogP contribution >= 0.6 is 23.2 Å². The van der Waals surface area contributed by atoms with Crippen molar-refractivity contribution < 1.29 is 18.0 Å². The van der Waals surface area contributed by atoms with Crippen LogP contribution in [-0.2, 0) is 10.0 Å². The molecule has 0 heterocycles. The van der Waals surface area contributed by atoms with E-state index in [1.54, 1.807) is 0 Å². The third-order valence-corrected chi connectivity index (χ3v) is 5.78. The second-order valence-corrected chi connectivity index (χ2v) is 8.54. The highest BCUT2D eigenvalue weighted by Gasteiger charge is 2.33. The van der Waals surface area contributed by atoms with Crippen molar-refractivity contribution in [3.05, 3.63) is 28.2 Å². The smallest absolute Gasteiger partial charge is 0.308 e. The molecule has 10 heteroatoms. The molecule has 4 amide bonds. The van der Waals surface area contributed by atoms with Crippen molar-refractivity contribution in [2.75, 3.05) is 11.6 Å². The van der Waals surface area contributed by atoms with Gasteiger partial charge in [0.05, 0.1) is 16.3 Å². The molecule has 0 saturated heterocycles. The van der Waals surface area contributed by atoms with Gasteiger partial charge in [0.15, 0.2) is 0 Å². The number of nitrogens with one attached hydrogen (secondary N) is 2. The average Bonchev–Trinajstić information content (AvgIpc) is 2.50. The molecule has 0 spiro atoms. The van der Waals surface area contributed by atoms with Gasteiger partial charge in [0.1, 0.15) is 0 Å². The van der Waals surface area contributed by atoms with Gasteiger partial charge in [0.2, 0.25) is 10.0 Å². The topological polar surface area (TPSA) is 95.6 Å². The number of imide groups is 1. The zero-order chi connectivity index (χ0) is 18.6. The maximum absolute atomic E-state index is 12.3. The van der Waals surface area contributed by atoms with Gasteiger partial charge in [0, 0.05) is 11.7 Å². The number of hydrogen-bond acceptors (Lipinski definition) is 4. The Hall–Kier alpha value is -1.51. The van der Waals surface area contributed by atoms with Crippen molar-refractivity contribution in [2.24, 2.45) is 0 Å². The quantitative estimate of drug-likeness (QED) is 0.795. The highest BCUT2D eigenvalue weighted by Crippen LogP contribution is 2.26. The lowest BCUT2D eigenvalue weighted by Gasteiger charge is -2.32. The molecule has 0 atom stereocenters. The highest BCUT2D eigenvalue weighted by molar-refractivity contribution is 7.88. The van der Waals surface area contributed by atoms with Crippen LogP contribution in [0, 0.1) is 0 Å². The summed E-state index contributed by atoms with van der Waals surface area (Å²) in [4.78, 5) is 24.3. The summed E-state index contributed by atoms with van der Waals surface area (Å²) in [6, 6.07) is 2.17. The fraction of sp³-hybridized carbons (Fsp3) is 0.467. The van der Waals surface area contributed by atoms with Crippen LogP contribution in [0.15, 0.2) is 18.2 Å². The molecule has 1 fully saturated rings. The molecule has 1 aliphatic rings. The predicted octanol–water partition coefficient (Wildman–Crippen LogP) is 3.83. The van der Waals surface area contributed by atoms with Gasteiger partial charge in [-0.15, -0.1) is 0 Å². The van der Waals surface area contributed by atoms with Crippen molar-refractivity contribution in [1.29, 1.82) is 0 Å². The number of sulfonamides is 1. The monoisotopic (exact) mass is 407 g/mol. The molecule has 0 aliphatic heterocycles. The van der Waals surface area contributed by atoms with Gasteiger partial charge in [-0.25, -0.2) is 22.3 Å². The van der Waals surface area contributed by atoms with E-state index >= 15 is 0 Å². The summed E-state index contributed by atoms with van der Waals surface area (Å²) >= 11 is 11.6. The molecule has 0 radical (unpaired) electrons. The van der Waals surface area contributed by atoms with Crippen LogP contribution in [0.3, 0.4) is 0 Å². The molecule has 2 rings (SSSR count). The van der Waals surface area contributed by atoms with Crippen LogP contribution in [0.2, 0.25) is 10.0 Å². The van der Waals surface area contributed by atoms with Crippen molar-refractivity contribution >= 4 is 51.0 Å². The van der Waals surface area contributed by atoms with E-state index in [0.717, 1.165) is 29.8 Å². The number of carbonyl (C=O) groups is 2. The van der Waals surface area contributed by atoms with E-state index in [-0.39, 0.29) is 5.02 Å². The molecule has 1 aromatic rings. The number of hydrogen-bond donors (Lipinski definition) is 2. The maximum atomic E-state index is 12.3. The number of carbonyl (C=O) groups excluding carboxylic acids is 2. The molecule has 1 aromatic carbocycles. The summed E-state index contributed by atoms with van der Waals surface area (Å²) in [5.41, 5.74) is 0.322. The Bertz CT molecular complexity index is 764. The summed E-state index contributed by atoms with van der Waals surface area (Å²) < 4.78 is 24.8. The fourth-order valence-electron chi connectivity index (χ4n) is 2.79. The second-order valence-electron chi connectivity index (χ2n) is 5.86. The van der Waals surface area contributed by atoms with Crippen LogP contribution in [-0.4, -0.2) is 37.1 Å². The third-order valence-electron chi connectivity index (χ3n) is 3.86. The fourth-order valence-corrected chi connectivity index (χ4v) is 4.19. The Morgan fingerprint density at radius 2 is 1.76 bits per heavy atom. The van der Waals surface area contributed by atoms with Gasteiger partial charge in [-0.1, -0.05) is 42.5 Å².